The first kappa shape index (κ1) is 20.5. The number of rotatable bonds is 4. The predicted octanol–water partition coefficient (Wildman–Crippen LogP) is 4.42. The molecule has 2 fully saturated rings. The van der Waals surface area contributed by atoms with Crippen LogP contribution in [-0.4, -0.2) is 17.8 Å². The number of carbonyl (C=O) groups is 1. The van der Waals surface area contributed by atoms with E-state index in [9.17, 15) is 4.79 Å². The third kappa shape index (κ3) is 3.16. The normalized spacial score (nSPS) is 29.5. The standard InChI is InChI=1S/C28H33NO2/c1-26(2)22-14-15-28(26,5)17-24(22)31-25(30)19-12-10-18(11-13-19)16-23-20-8-6-7-9-21(20)27(3,4)29-23/h6-13,22,24H,14-17H2,1-5H3/p+1. The molecule has 1 N–H and O–H groups in total. The van der Waals surface area contributed by atoms with Gasteiger partial charge in [0.1, 0.15) is 6.10 Å². The molecular weight excluding hydrogens is 382 g/mol. The molecule has 1 aliphatic heterocycles. The highest BCUT2D eigenvalue weighted by Gasteiger charge is 2.61. The Bertz CT molecular complexity index is 1060. The van der Waals surface area contributed by atoms with Crippen LogP contribution < -0.4 is 4.99 Å². The van der Waals surface area contributed by atoms with Crippen molar-refractivity contribution in [3.8, 4) is 0 Å². The summed E-state index contributed by atoms with van der Waals surface area (Å²) in [6.45, 7) is 11.5. The molecule has 2 saturated carbocycles. The summed E-state index contributed by atoms with van der Waals surface area (Å²) in [5.41, 5.74) is 6.21. The average molecular weight is 417 g/mol. The molecule has 5 rings (SSSR count). The van der Waals surface area contributed by atoms with Gasteiger partial charge in [-0.2, -0.15) is 0 Å². The minimum absolute atomic E-state index is 0.0536. The number of hydrogen-bond donors (Lipinski definition) is 1. The molecule has 3 unspecified atom stereocenters. The Hall–Kier alpha value is -2.42. The van der Waals surface area contributed by atoms with Gasteiger partial charge in [0.05, 0.1) is 17.5 Å². The molecule has 3 atom stereocenters. The molecule has 0 spiro atoms. The second-order valence-electron chi connectivity index (χ2n) is 11.2. The summed E-state index contributed by atoms with van der Waals surface area (Å²) in [6, 6.07) is 16.5. The van der Waals surface area contributed by atoms with E-state index >= 15 is 0 Å². The van der Waals surface area contributed by atoms with E-state index in [4.69, 9.17) is 4.74 Å². The molecule has 0 amide bonds. The van der Waals surface area contributed by atoms with E-state index in [-0.39, 0.29) is 23.0 Å². The summed E-state index contributed by atoms with van der Waals surface area (Å²) in [4.78, 5) is 16.5. The molecule has 31 heavy (non-hydrogen) atoms. The van der Waals surface area contributed by atoms with Gasteiger partial charge in [-0.3, -0.25) is 0 Å². The molecule has 3 heteroatoms. The number of benzene rings is 2. The number of carbonyl (C=O) groups excluding carboxylic acids is 1. The molecule has 2 aromatic rings. The first-order valence-corrected chi connectivity index (χ1v) is 11.6. The predicted molar refractivity (Wildman–Crippen MR) is 123 cm³/mol. The van der Waals surface area contributed by atoms with Gasteiger partial charge in [-0.15, -0.1) is 0 Å². The maximum absolute atomic E-state index is 12.9. The zero-order valence-corrected chi connectivity index (χ0v) is 19.4. The SMILES string of the molecule is CC1(C)[NH+]=C(Cc2ccc(C(=O)OC3CC4(C)CCC3C4(C)C)cc2)c2ccccc21. The van der Waals surface area contributed by atoms with Crippen LogP contribution in [0.1, 0.15) is 80.9 Å². The summed E-state index contributed by atoms with van der Waals surface area (Å²) in [6.07, 6.45) is 4.29. The Kier molecular flexibility index (Phi) is 4.48. The molecule has 2 bridgehead atoms. The second-order valence-corrected chi connectivity index (χ2v) is 11.2. The maximum Gasteiger partial charge on any atom is 0.338 e. The summed E-state index contributed by atoms with van der Waals surface area (Å²) in [5.74, 6) is 0.301. The summed E-state index contributed by atoms with van der Waals surface area (Å²) >= 11 is 0. The van der Waals surface area contributed by atoms with Crippen LogP contribution in [0, 0.1) is 16.7 Å². The van der Waals surface area contributed by atoms with E-state index in [2.05, 4.69) is 76.0 Å². The molecule has 3 aliphatic rings. The fourth-order valence-electron chi connectivity index (χ4n) is 6.44. The molecule has 2 aliphatic carbocycles. The van der Waals surface area contributed by atoms with Gasteiger partial charge in [-0.05, 0) is 53.9 Å². The van der Waals surface area contributed by atoms with Crippen LogP contribution in [0.3, 0.4) is 0 Å². The zero-order valence-electron chi connectivity index (χ0n) is 19.4. The largest absolute Gasteiger partial charge is 0.458 e. The van der Waals surface area contributed by atoms with Gasteiger partial charge in [0.2, 0.25) is 0 Å². The third-order valence-corrected chi connectivity index (χ3v) is 8.81. The van der Waals surface area contributed by atoms with Gasteiger partial charge in [-0.1, -0.05) is 51.1 Å². The lowest BCUT2D eigenvalue weighted by Crippen LogP contribution is -2.80. The Morgan fingerprint density at radius 3 is 2.39 bits per heavy atom. The molecular formula is C28H34NO2+. The summed E-state index contributed by atoms with van der Waals surface area (Å²) < 4.78 is 6.02. The van der Waals surface area contributed by atoms with Crippen LogP contribution in [0.2, 0.25) is 0 Å². The molecule has 162 valence electrons. The minimum atomic E-state index is -0.179. The highest BCUT2D eigenvalue weighted by molar-refractivity contribution is 6.00. The monoisotopic (exact) mass is 416 g/mol. The zero-order chi connectivity index (χ0) is 22.0. The first-order valence-electron chi connectivity index (χ1n) is 11.6. The van der Waals surface area contributed by atoms with Crippen LogP contribution in [0.15, 0.2) is 48.5 Å². The smallest absolute Gasteiger partial charge is 0.338 e. The van der Waals surface area contributed by atoms with Gasteiger partial charge in [-0.25, -0.2) is 9.79 Å². The van der Waals surface area contributed by atoms with Crippen molar-refractivity contribution in [2.75, 3.05) is 0 Å². The lowest BCUT2D eigenvalue weighted by atomic mass is 9.71. The molecule has 0 saturated heterocycles. The van der Waals surface area contributed by atoms with Gasteiger partial charge < -0.3 is 4.74 Å². The number of nitrogens with one attached hydrogen (secondary N) is 1. The molecule has 0 radical (unpaired) electrons. The highest BCUT2D eigenvalue weighted by Crippen LogP contribution is 2.66. The fraction of sp³-hybridized carbons (Fsp3) is 0.500. The summed E-state index contributed by atoms with van der Waals surface area (Å²) in [5, 5.41) is 0. The van der Waals surface area contributed by atoms with Crippen molar-refractivity contribution in [2.24, 2.45) is 16.7 Å². The minimum Gasteiger partial charge on any atom is -0.458 e. The van der Waals surface area contributed by atoms with Crippen LogP contribution in [0.25, 0.3) is 0 Å². The summed E-state index contributed by atoms with van der Waals surface area (Å²) in [7, 11) is 0. The number of hydrogen-bond acceptors (Lipinski definition) is 2. The Balaban J connectivity index is 1.28. The van der Waals surface area contributed by atoms with E-state index in [1.165, 1.54) is 35.2 Å². The van der Waals surface area contributed by atoms with Gasteiger partial charge in [0.25, 0.3) is 0 Å². The van der Waals surface area contributed by atoms with Crippen LogP contribution >= 0.6 is 0 Å². The van der Waals surface area contributed by atoms with Crippen molar-refractivity contribution < 1.29 is 14.5 Å². The molecule has 3 nitrogen and oxygen atoms in total. The van der Waals surface area contributed by atoms with Gasteiger partial charge in [0, 0.05) is 25.3 Å². The maximum atomic E-state index is 12.9. The van der Waals surface area contributed by atoms with Crippen molar-refractivity contribution in [3.05, 3.63) is 70.8 Å². The van der Waals surface area contributed by atoms with Crippen molar-refractivity contribution in [3.63, 3.8) is 0 Å². The van der Waals surface area contributed by atoms with Gasteiger partial charge >= 0.3 is 5.97 Å². The van der Waals surface area contributed by atoms with Gasteiger partial charge in [0.15, 0.2) is 11.3 Å². The topological polar surface area (TPSA) is 40.3 Å². The quantitative estimate of drug-likeness (QED) is 0.750. The average Bonchev–Trinajstić information content (AvgIpc) is 3.19. The van der Waals surface area contributed by atoms with Crippen molar-refractivity contribution in [1.82, 2.24) is 0 Å². The Morgan fingerprint density at radius 1 is 1.03 bits per heavy atom. The fourth-order valence-corrected chi connectivity index (χ4v) is 6.44. The molecule has 2 aromatic carbocycles. The number of esters is 1. The first-order chi connectivity index (χ1) is 14.6. The van der Waals surface area contributed by atoms with E-state index in [1.54, 1.807) is 0 Å². The molecule has 0 aromatic heterocycles. The number of fused-ring (bicyclic) bond motifs is 3. The Morgan fingerprint density at radius 2 is 1.74 bits per heavy atom. The lowest BCUT2D eigenvalue weighted by molar-refractivity contribution is -0.548. The van der Waals surface area contributed by atoms with E-state index in [1.807, 2.05) is 12.1 Å². The van der Waals surface area contributed by atoms with E-state index in [0.717, 1.165) is 12.8 Å². The van der Waals surface area contributed by atoms with Crippen molar-refractivity contribution >= 4 is 11.7 Å². The van der Waals surface area contributed by atoms with E-state index in [0.29, 0.717) is 16.9 Å². The Labute approximate surface area is 185 Å². The second kappa shape index (κ2) is 6.79. The van der Waals surface area contributed by atoms with Crippen molar-refractivity contribution in [1.29, 1.82) is 0 Å². The molecule has 1 heterocycles. The third-order valence-electron chi connectivity index (χ3n) is 8.81. The lowest BCUT2D eigenvalue weighted by Gasteiger charge is -2.33. The van der Waals surface area contributed by atoms with E-state index < -0.39 is 0 Å². The van der Waals surface area contributed by atoms with Crippen LogP contribution in [0.4, 0.5) is 0 Å². The van der Waals surface area contributed by atoms with Crippen molar-refractivity contribution in [2.45, 2.75) is 71.9 Å². The number of ether oxygens (including phenoxy) is 1. The van der Waals surface area contributed by atoms with Crippen LogP contribution in [-0.2, 0) is 16.7 Å². The highest BCUT2D eigenvalue weighted by atomic mass is 16.5. The van der Waals surface area contributed by atoms with Crippen LogP contribution in [0.5, 0.6) is 0 Å².